The van der Waals surface area contributed by atoms with Gasteiger partial charge in [-0.25, -0.2) is 0 Å². The standard InChI is InChI=1S/C14H20ClNO/c1-10-8-12(15)6-7-13(10)17-14-5-3-2-4-11(14)9-16/h6-8,11,14H,2-5,9,16H2,1H3. The molecule has 3 heteroatoms. The minimum Gasteiger partial charge on any atom is -0.490 e. The van der Waals surface area contributed by atoms with E-state index >= 15 is 0 Å². The fourth-order valence-electron chi connectivity index (χ4n) is 2.51. The SMILES string of the molecule is Cc1cc(Cl)ccc1OC1CCCCC1CN. The molecule has 1 saturated carbocycles. The van der Waals surface area contributed by atoms with Gasteiger partial charge in [-0.1, -0.05) is 18.0 Å². The smallest absolute Gasteiger partial charge is 0.122 e. The second-order valence-electron chi connectivity index (χ2n) is 4.85. The Morgan fingerprint density at radius 1 is 1.35 bits per heavy atom. The van der Waals surface area contributed by atoms with E-state index in [1.165, 1.54) is 19.3 Å². The van der Waals surface area contributed by atoms with Gasteiger partial charge in [0, 0.05) is 10.9 Å². The van der Waals surface area contributed by atoms with E-state index in [0.29, 0.717) is 5.92 Å². The topological polar surface area (TPSA) is 35.2 Å². The van der Waals surface area contributed by atoms with Crippen molar-refractivity contribution in [1.29, 1.82) is 0 Å². The molecule has 0 aromatic heterocycles. The van der Waals surface area contributed by atoms with Crippen molar-refractivity contribution >= 4 is 11.6 Å². The van der Waals surface area contributed by atoms with Gasteiger partial charge < -0.3 is 10.5 Å². The van der Waals surface area contributed by atoms with E-state index in [2.05, 4.69) is 0 Å². The van der Waals surface area contributed by atoms with Gasteiger partial charge in [0.15, 0.2) is 0 Å². The van der Waals surface area contributed by atoms with E-state index in [-0.39, 0.29) is 6.10 Å². The Balaban J connectivity index is 2.08. The molecule has 0 heterocycles. The molecule has 2 unspecified atom stereocenters. The van der Waals surface area contributed by atoms with Gasteiger partial charge >= 0.3 is 0 Å². The molecule has 0 radical (unpaired) electrons. The summed E-state index contributed by atoms with van der Waals surface area (Å²) in [4.78, 5) is 0. The van der Waals surface area contributed by atoms with Crippen LogP contribution >= 0.6 is 11.6 Å². The monoisotopic (exact) mass is 253 g/mol. The van der Waals surface area contributed by atoms with Crippen molar-refractivity contribution in [2.24, 2.45) is 11.7 Å². The summed E-state index contributed by atoms with van der Waals surface area (Å²) in [5, 5.41) is 0.758. The fraction of sp³-hybridized carbons (Fsp3) is 0.571. The van der Waals surface area contributed by atoms with E-state index in [1.54, 1.807) is 0 Å². The van der Waals surface area contributed by atoms with Crippen molar-refractivity contribution in [3.8, 4) is 5.75 Å². The van der Waals surface area contributed by atoms with E-state index in [9.17, 15) is 0 Å². The van der Waals surface area contributed by atoms with Gasteiger partial charge in [0.05, 0.1) is 0 Å². The Labute approximate surface area is 108 Å². The number of hydrogen-bond donors (Lipinski definition) is 1. The molecule has 0 spiro atoms. The molecule has 0 bridgehead atoms. The van der Waals surface area contributed by atoms with E-state index < -0.39 is 0 Å². The molecular formula is C14H20ClNO. The van der Waals surface area contributed by atoms with Crippen LogP contribution in [0.1, 0.15) is 31.2 Å². The van der Waals surface area contributed by atoms with Crippen molar-refractivity contribution in [2.75, 3.05) is 6.54 Å². The van der Waals surface area contributed by atoms with Gasteiger partial charge in [0.2, 0.25) is 0 Å². The van der Waals surface area contributed by atoms with E-state index in [0.717, 1.165) is 29.3 Å². The van der Waals surface area contributed by atoms with E-state index in [4.69, 9.17) is 22.1 Å². The van der Waals surface area contributed by atoms with Crippen LogP contribution in [0.3, 0.4) is 0 Å². The Kier molecular flexibility index (Phi) is 4.30. The van der Waals surface area contributed by atoms with Crippen molar-refractivity contribution in [2.45, 2.75) is 38.7 Å². The summed E-state index contributed by atoms with van der Waals surface area (Å²) in [6.07, 6.45) is 5.10. The number of hydrogen-bond acceptors (Lipinski definition) is 2. The summed E-state index contributed by atoms with van der Waals surface area (Å²) in [7, 11) is 0. The molecular weight excluding hydrogens is 234 g/mol. The Morgan fingerprint density at radius 2 is 2.12 bits per heavy atom. The fourth-order valence-corrected chi connectivity index (χ4v) is 2.73. The molecule has 17 heavy (non-hydrogen) atoms. The zero-order valence-electron chi connectivity index (χ0n) is 10.3. The van der Waals surface area contributed by atoms with Crippen LogP contribution in [0.4, 0.5) is 0 Å². The molecule has 0 amide bonds. The van der Waals surface area contributed by atoms with Gasteiger partial charge in [-0.05, 0) is 56.5 Å². The van der Waals surface area contributed by atoms with Crippen molar-refractivity contribution in [3.05, 3.63) is 28.8 Å². The zero-order valence-corrected chi connectivity index (χ0v) is 11.0. The number of ether oxygens (including phenoxy) is 1. The predicted octanol–water partition coefficient (Wildman–Crippen LogP) is 3.54. The molecule has 2 N–H and O–H groups in total. The summed E-state index contributed by atoms with van der Waals surface area (Å²) in [5.74, 6) is 1.44. The second kappa shape index (κ2) is 5.74. The summed E-state index contributed by atoms with van der Waals surface area (Å²) in [5.41, 5.74) is 6.90. The van der Waals surface area contributed by atoms with Gasteiger partial charge in [0.1, 0.15) is 11.9 Å². The number of nitrogens with two attached hydrogens (primary N) is 1. The summed E-state index contributed by atoms with van der Waals surface area (Å²) >= 11 is 5.94. The van der Waals surface area contributed by atoms with Crippen LogP contribution in [0.25, 0.3) is 0 Å². The first-order valence-corrected chi connectivity index (χ1v) is 6.71. The summed E-state index contributed by atoms with van der Waals surface area (Å²) in [6.45, 7) is 2.75. The van der Waals surface area contributed by atoms with E-state index in [1.807, 2.05) is 25.1 Å². The maximum Gasteiger partial charge on any atom is 0.122 e. The molecule has 2 rings (SSSR count). The molecule has 0 aliphatic heterocycles. The van der Waals surface area contributed by atoms with Crippen LogP contribution in [-0.4, -0.2) is 12.6 Å². The lowest BCUT2D eigenvalue weighted by Gasteiger charge is -2.31. The first-order chi connectivity index (χ1) is 8.20. The van der Waals surface area contributed by atoms with Crippen molar-refractivity contribution < 1.29 is 4.74 Å². The lowest BCUT2D eigenvalue weighted by Crippen LogP contribution is -2.35. The minimum atomic E-state index is 0.272. The molecule has 1 aliphatic rings. The molecule has 1 aromatic carbocycles. The van der Waals surface area contributed by atoms with Gasteiger partial charge in [-0.2, -0.15) is 0 Å². The maximum absolute atomic E-state index is 6.11. The Hall–Kier alpha value is -0.730. The average Bonchev–Trinajstić information content (AvgIpc) is 2.33. The molecule has 94 valence electrons. The first kappa shape index (κ1) is 12.7. The third-order valence-corrected chi connectivity index (χ3v) is 3.79. The minimum absolute atomic E-state index is 0.272. The zero-order chi connectivity index (χ0) is 12.3. The highest BCUT2D eigenvalue weighted by Crippen LogP contribution is 2.30. The van der Waals surface area contributed by atoms with Gasteiger partial charge in [-0.15, -0.1) is 0 Å². The van der Waals surface area contributed by atoms with Gasteiger partial charge in [0.25, 0.3) is 0 Å². The van der Waals surface area contributed by atoms with Gasteiger partial charge in [-0.3, -0.25) is 0 Å². The van der Waals surface area contributed by atoms with Crippen LogP contribution in [0.15, 0.2) is 18.2 Å². The lowest BCUT2D eigenvalue weighted by molar-refractivity contribution is 0.0963. The largest absolute Gasteiger partial charge is 0.490 e. The highest BCUT2D eigenvalue weighted by atomic mass is 35.5. The summed E-state index contributed by atoms with van der Waals surface area (Å²) < 4.78 is 6.11. The quantitative estimate of drug-likeness (QED) is 0.894. The third-order valence-electron chi connectivity index (χ3n) is 3.56. The second-order valence-corrected chi connectivity index (χ2v) is 5.28. The lowest BCUT2D eigenvalue weighted by atomic mass is 9.86. The molecule has 1 aromatic rings. The Bertz CT molecular complexity index is 380. The van der Waals surface area contributed by atoms with Crippen molar-refractivity contribution in [1.82, 2.24) is 0 Å². The molecule has 1 aliphatic carbocycles. The van der Waals surface area contributed by atoms with Crippen LogP contribution in [0.2, 0.25) is 5.02 Å². The third kappa shape index (κ3) is 3.14. The number of benzene rings is 1. The molecule has 0 saturated heterocycles. The van der Waals surface area contributed by atoms with Crippen LogP contribution in [-0.2, 0) is 0 Å². The highest BCUT2D eigenvalue weighted by molar-refractivity contribution is 6.30. The molecule has 1 fully saturated rings. The number of aryl methyl sites for hydroxylation is 1. The van der Waals surface area contributed by atoms with Crippen LogP contribution in [0, 0.1) is 12.8 Å². The van der Waals surface area contributed by atoms with Crippen LogP contribution < -0.4 is 10.5 Å². The molecule has 2 atom stereocenters. The van der Waals surface area contributed by atoms with Crippen LogP contribution in [0.5, 0.6) is 5.75 Å². The Morgan fingerprint density at radius 3 is 2.82 bits per heavy atom. The average molecular weight is 254 g/mol. The normalized spacial score (nSPS) is 24.6. The number of rotatable bonds is 3. The van der Waals surface area contributed by atoms with Crippen molar-refractivity contribution in [3.63, 3.8) is 0 Å². The molecule has 2 nitrogen and oxygen atoms in total. The maximum atomic E-state index is 6.11. The first-order valence-electron chi connectivity index (χ1n) is 6.33. The predicted molar refractivity (Wildman–Crippen MR) is 71.6 cm³/mol. The number of halogens is 1. The summed E-state index contributed by atoms with van der Waals surface area (Å²) in [6, 6.07) is 5.78. The highest BCUT2D eigenvalue weighted by Gasteiger charge is 2.25.